The molecule has 0 saturated heterocycles. The van der Waals surface area contributed by atoms with Crippen molar-refractivity contribution in [2.24, 2.45) is 0 Å². The molecular formula is C36H37F2N7O7S2. The maximum Gasteiger partial charge on any atom is 0.414 e. The van der Waals surface area contributed by atoms with E-state index in [4.69, 9.17) is 43.4 Å². The molecule has 284 valence electrons. The van der Waals surface area contributed by atoms with Gasteiger partial charge in [-0.2, -0.15) is 0 Å². The van der Waals surface area contributed by atoms with E-state index >= 15 is 0 Å². The number of likely N-dealkylation sites (N-methyl/N-ethyl adjacent to an activating group) is 1. The van der Waals surface area contributed by atoms with Crippen molar-refractivity contribution < 1.29 is 42.1 Å². The number of hydrogen-bond donors (Lipinski definition) is 5. The quantitative estimate of drug-likeness (QED) is 0.147. The first-order valence-corrected chi connectivity index (χ1v) is 17.4. The van der Waals surface area contributed by atoms with Crippen LogP contribution < -0.4 is 40.8 Å². The van der Waals surface area contributed by atoms with Gasteiger partial charge in [-0.25, -0.2) is 13.6 Å². The van der Waals surface area contributed by atoms with Gasteiger partial charge in [0.15, 0.2) is 23.1 Å². The molecule has 1 aromatic heterocycles. The van der Waals surface area contributed by atoms with Gasteiger partial charge in [0, 0.05) is 57.0 Å². The van der Waals surface area contributed by atoms with Crippen LogP contribution in [0.5, 0.6) is 17.2 Å². The number of pyridine rings is 1. The maximum atomic E-state index is 14.3. The lowest BCUT2D eigenvalue weighted by atomic mass is 10.1. The monoisotopic (exact) mass is 781 g/mol. The molecule has 3 amide bonds. The standard InChI is InChI=1S/C36H37F2N7O7S2/c1-45(36(48)52-26-12-15-41-33(47)29(26)35(54)44-25-9-5-7-22(38)31(25)50-3)16-17-51-27-19-39-13-10-20(27)18-42-23-11-14-40-32(46)28(23)34(53)43-24-8-4-6-21(37)30(24)49-2/h4-10,13,19,42H,11-12,14-18H2,1-3H3,(H,40,46)(H,41,47)(H,43,53)(H,44,54). The summed E-state index contributed by atoms with van der Waals surface area (Å²) in [5.41, 5.74) is 1.90. The molecule has 18 heteroatoms. The number of methoxy groups -OCH3 is 2. The molecule has 0 atom stereocenters. The van der Waals surface area contributed by atoms with E-state index in [-0.39, 0.29) is 88.3 Å². The second-order valence-electron chi connectivity index (χ2n) is 11.7. The van der Waals surface area contributed by atoms with Crippen molar-refractivity contribution in [3.8, 4) is 17.2 Å². The van der Waals surface area contributed by atoms with Gasteiger partial charge in [-0.1, -0.05) is 36.6 Å². The number of halogens is 2. The van der Waals surface area contributed by atoms with E-state index in [0.717, 1.165) is 0 Å². The summed E-state index contributed by atoms with van der Waals surface area (Å²) in [7, 11) is 4.14. The van der Waals surface area contributed by atoms with Crippen LogP contribution >= 0.6 is 24.4 Å². The molecule has 0 fully saturated rings. The van der Waals surface area contributed by atoms with Crippen LogP contribution in [0.15, 0.2) is 77.5 Å². The number of benzene rings is 2. The number of rotatable bonds is 14. The topological polar surface area (TPSA) is 164 Å². The SMILES string of the molecule is COc1c(F)cccc1NC(=S)C1=C(NCc2ccncc2OCCN(C)C(=O)OC2=C(C(=S)Nc3cccc(F)c3OC)C(=O)NCC2)CCNC1=O. The van der Waals surface area contributed by atoms with Crippen molar-refractivity contribution in [2.75, 3.05) is 58.1 Å². The molecule has 0 bridgehead atoms. The number of thiocarbonyl (C=S) groups is 2. The lowest BCUT2D eigenvalue weighted by Gasteiger charge is -2.24. The minimum Gasteiger partial charge on any atom is -0.492 e. The number of amides is 3. The molecule has 0 unspecified atom stereocenters. The van der Waals surface area contributed by atoms with Gasteiger partial charge in [-0.05, 0) is 30.3 Å². The molecule has 2 aliphatic heterocycles. The Morgan fingerprint density at radius 1 is 0.889 bits per heavy atom. The fourth-order valence-corrected chi connectivity index (χ4v) is 6.13. The normalized spacial score (nSPS) is 14.0. The summed E-state index contributed by atoms with van der Waals surface area (Å²) in [4.78, 5) is 44.3. The lowest BCUT2D eigenvalue weighted by Crippen LogP contribution is -2.39. The van der Waals surface area contributed by atoms with Crippen molar-refractivity contribution in [1.82, 2.24) is 25.8 Å². The van der Waals surface area contributed by atoms with E-state index in [2.05, 4.69) is 31.6 Å². The van der Waals surface area contributed by atoms with Gasteiger partial charge in [0.1, 0.15) is 33.7 Å². The van der Waals surface area contributed by atoms with Crippen molar-refractivity contribution in [2.45, 2.75) is 19.4 Å². The molecule has 2 aromatic carbocycles. The summed E-state index contributed by atoms with van der Waals surface area (Å²) in [6.07, 6.45) is 3.01. The van der Waals surface area contributed by atoms with Gasteiger partial charge < -0.3 is 50.4 Å². The molecule has 5 rings (SSSR count). The van der Waals surface area contributed by atoms with Crippen molar-refractivity contribution in [1.29, 1.82) is 0 Å². The Labute approximate surface area is 320 Å². The summed E-state index contributed by atoms with van der Waals surface area (Å²) >= 11 is 11.0. The Bertz CT molecular complexity index is 2030. The molecule has 0 saturated carbocycles. The first-order valence-electron chi connectivity index (χ1n) is 16.5. The molecule has 0 spiro atoms. The molecule has 3 heterocycles. The fourth-order valence-electron chi connectivity index (χ4n) is 5.48. The zero-order valence-corrected chi connectivity index (χ0v) is 31.1. The predicted molar refractivity (Wildman–Crippen MR) is 203 cm³/mol. The van der Waals surface area contributed by atoms with E-state index in [0.29, 0.717) is 30.0 Å². The van der Waals surface area contributed by atoms with Crippen LogP contribution in [0.25, 0.3) is 0 Å². The predicted octanol–water partition coefficient (Wildman–Crippen LogP) is 4.34. The third-order valence-electron chi connectivity index (χ3n) is 8.19. The third kappa shape index (κ3) is 9.37. The van der Waals surface area contributed by atoms with Gasteiger partial charge >= 0.3 is 6.09 Å². The first-order chi connectivity index (χ1) is 26.0. The van der Waals surface area contributed by atoms with Crippen LogP contribution in [-0.2, 0) is 20.9 Å². The number of anilines is 2. The molecule has 0 aliphatic carbocycles. The number of hydrogen-bond acceptors (Lipinski definition) is 11. The molecule has 3 aromatic rings. The molecular weight excluding hydrogens is 745 g/mol. The average molecular weight is 782 g/mol. The van der Waals surface area contributed by atoms with Crippen molar-refractivity contribution >= 4 is 63.7 Å². The largest absolute Gasteiger partial charge is 0.492 e. The first kappa shape index (κ1) is 39.3. The van der Waals surface area contributed by atoms with Gasteiger partial charge in [-0.3, -0.25) is 14.6 Å². The van der Waals surface area contributed by atoms with Crippen LogP contribution in [0.2, 0.25) is 0 Å². The highest BCUT2D eigenvalue weighted by molar-refractivity contribution is 7.81. The molecule has 5 N–H and O–H groups in total. The Kier molecular flexibility index (Phi) is 13.3. The lowest BCUT2D eigenvalue weighted by molar-refractivity contribution is -0.118. The average Bonchev–Trinajstić information content (AvgIpc) is 3.14. The van der Waals surface area contributed by atoms with Gasteiger partial charge in [0.2, 0.25) is 0 Å². The molecule has 54 heavy (non-hydrogen) atoms. The van der Waals surface area contributed by atoms with Gasteiger partial charge in [0.05, 0.1) is 43.9 Å². The Hall–Kier alpha value is -5.88. The summed E-state index contributed by atoms with van der Waals surface area (Å²) in [5, 5.41) is 14.5. The summed E-state index contributed by atoms with van der Waals surface area (Å²) in [5.74, 6) is -1.79. The number of carbonyl (C=O) groups is 3. The Morgan fingerprint density at radius 2 is 1.48 bits per heavy atom. The highest BCUT2D eigenvalue weighted by Gasteiger charge is 2.29. The number of carbonyl (C=O) groups excluding carboxylic acids is 3. The van der Waals surface area contributed by atoms with E-state index < -0.39 is 23.6 Å². The number of para-hydroxylation sites is 2. The van der Waals surface area contributed by atoms with Crippen LogP contribution in [0.3, 0.4) is 0 Å². The van der Waals surface area contributed by atoms with Crippen molar-refractivity contribution in [3.05, 3.63) is 94.7 Å². The Morgan fingerprint density at radius 3 is 2.11 bits per heavy atom. The van der Waals surface area contributed by atoms with Crippen LogP contribution in [0.4, 0.5) is 25.0 Å². The van der Waals surface area contributed by atoms with E-state index in [1.165, 1.54) is 62.7 Å². The highest BCUT2D eigenvalue weighted by Crippen LogP contribution is 2.30. The maximum absolute atomic E-state index is 14.3. The van der Waals surface area contributed by atoms with Gasteiger partial charge in [0.25, 0.3) is 11.8 Å². The van der Waals surface area contributed by atoms with Crippen molar-refractivity contribution in [3.63, 3.8) is 0 Å². The summed E-state index contributed by atoms with van der Waals surface area (Å²) in [6, 6.07) is 10.3. The number of nitrogens with one attached hydrogen (secondary N) is 5. The summed E-state index contributed by atoms with van der Waals surface area (Å²) in [6.45, 7) is 0.982. The smallest absolute Gasteiger partial charge is 0.414 e. The van der Waals surface area contributed by atoms with Crippen LogP contribution in [0.1, 0.15) is 18.4 Å². The fraction of sp³-hybridized carbons (Fsp3) is 0.278. The molecule has 2 aliphatic rings. The van der Waals surface area contributed by atoms with E-state index in [1.54, 1.807) is 18.3 Å². The molecule has 0 radical (unpaired) electrons. The van der Waals surface area contributed by atoms with E-state index in [9.17, 15) is 23.2 Å². The van der Waals surface area contributed by atoms with Gasteiger partial charge in [-0.15, -0.1) is 0 Å². The highest BCUT2D eigenvalue weighted by atomic mass is 32.1. The summed E-state index contributed by atoms with van der Waals surface area (Å²) < 4.78 is 50.4. The zero-order valence-electron chi connectivity index (χ0n) is 29.5. The number of nitrogens with zero attached hydrogens (tertiary/aromatic N) is 2. The van der Waals surface area contributed by atoms with Crippen LogP contribution in [0, 0.1) is 11.6 Å². The second-order valence-corrected chi connectivity index (χ2v) is 12.5. The minimum absolute atomic E-state index is 0.0349. The molecule has 14 nitrogen and oxygen atoms in total. The van der Waals surface area contributed by atoms with E-state index in [1.807, 2.05) is 0 Å². The number of aromatic nitrogens is 1. The van der Waals surface area contributed by atoms with Crippen LogP contribution in [-0.4, -0.2) is 85.3 Å². The third-order valence-corrected chi connectivity index (χ3v) is 8.81. The minimum atomic E-state index is -0.754. The number of ether oxygens (including phenoxy) is 4. The zero-order chi connectivity index (χ0) is 38.8. The second kappa shape index (κ2) is 18.2. The Balaban J connectivity index is 1.20.